The molecule has 1 aliphatic heterocycles. The van der Waals surface area contributed by atoms with Crippen molar-refractivity contribution < 1.29 is 24.3 Å². The smallest absolute Gasteiger partial charge is 0.278 e. The predicted octanol–water partition coefficient (Wildman–Crippen LogP) is 3.96. The number of methoxy groups -OCH3 is 2. The summed E-state index contributed by atoms with van der Waals surface area (Å²) in [5.74, 6) is 0.352. The molecule has 8 heteroatoms. The number of rotatable bonds is 4. The highest BCUT2D eigenvalue weighted by atomic mass is 16.6. The van der Waals surface area contributed by atoms with E-state index >= 15 is 0 Å². The number of amides is 1. The molecule has 3 aromatic rings. The lowest BCUT2D eigenvalue weighted by Crippen LogP contribution is -2.03. The van der Waals surface area contributed by atoms with Crippen molar-refractivity contribution in [2.75, 3.05) is 19.5 Å². The monoisotopic (exact) mass is 392 g/mol. The first-order chi connectivity index (χ1) is 13.9. The summed E-state index contributed by atoms with van der Waals surface area (Å²) in [6.07, 6.45) is 1.43. The van der Waals surface area contributed by atoms with Gasteiger partial charge < -0.3 is 19.9 Å². The number of phenols is 1. The van der Waals surface area contributed by atoms with Gasteiger partial charge in [-0.2, -0.15) is 0 Å². The second-order valence-electron chi connectivity index (χ2n) is 6.40. The van der Waals surface area contributed by atoms with Crippen LogP contribution in [0.25, 0.3) is 22.4 Å². The van der Waals surface area contributed by atoms with Gasteiger partial charge in [-0.05, 0) is 18.2 Å². The van der Waals surface area contributed by atoms with Gasteiger partial charge >= 0.3 is 0 Å². The number of non-ortho nitro benzene ring substituents is 1. The minimum Gasteiger partial charge on any atom is -0.507 e. The third-order valence-electron chi connectivity index (χ3n) is 4.83. The number of nitrogens with zero attached hydrogens (tertiary/aromatic N) is 1. The van der Waals surface area contributed by atoms with Gasteiger partial charge in [-0.15, -0.1) is 0 Å². The summed E-state index contributed by atoms with van der Waals surface area (Å²) in [6, 6.07) is 11.0. The average Bonchev–Trinajstić information content (AvgIpc) is 3.02. The Balaban J connectivity index is 1.94. The number of hydrogen-bond acceptors (Lipinski definition) is 6. The number of fused-ring (bicyclic) bond motifs is 2. The summed E-state index contributed by atoms with van der Waals surface area (Å²) in [4.78, 5) is 23.6. The molecular formula is C21H16N2O6. The minimum atomic E-state index is -0.514. The van der Waals surface area contributed by atoms with Crippen LogP contribution in [0.15, 0.2) is 42.5 Å². The number of hydrogen-bond donors (Lipinski definition) is 2. The summed E-state index contributed by atoms with van der Waals surface area (Å²) in [5, 5.41) is 25.6. The lowest BCUT2D eigenvalue weighted by atomic mass is 9.99. The molecule has 3 aromatic carbocycles. The molecule has 0 saturated heterocycles. The molecule has 29 heavy (non-hydrogen) atoms. The van der Waals surface area contributed by atoms with Crippen LogP contribution in [0, 0.1) is 10.1 Å². The highest BCUT2D eigenvalue weighted by molar-refractivity contribution is 6.35. The topological polar surface area (TPSA) is 111 Å². The molecule has 0 bridgehead atoms. The van der Waals surface area contributed by atoms with Crippen LogP contribution in [-0.4, -0.2) is 30.2 Å². The normalized spacial score (nSPS) is 14.0. The highest BCUT2D eigenvalue weighted by Gasteiger charge is 2.28. The number of aromatic hydroxyl groups is 1. The molecule has 1 amide bonds. The number of carbonyl (C=O) groups excluding carboxylic acids is 1. The minimum absolute atomic E-state index is 0.138. The summed E-state index contributed by atoms with van der Waals surface area (Å²) in [6.45, 7) is 0. The van der Waals surface area contributed by atoms with Crippen LogP contribution in [-0.2, 0) is 4.79 Å². The number of ether oxygens (including phenoxy) is 2. The van der Waals surface area contributed by atoms with Gasteiger partial charge in [0.1, 0.15) is 5.75 Å². The Kier molecular flexibility index (Phi) is 4.31. The number of carbonyl (C=O) groups is 1. The van der Waals surface area contributed by atoms with Gasteiger partial charge in [0.15, 0.2) is 11.5 Å². The Morgan fingerprint density at radius 3 is 2.38 bits per heavy atom. The molecule has 0 atom stereocenters. The number of nitrogens with one attached hydrogen (secondary N) is 1. The summed E-state index contributed by atoms with van der Waals surface area (Å²) < 4.78 is 10.5. The first-order valence-electron chi connectivity index (χ1n) is 8.63. The van der Waals surface area contributed by atoms with Gasteiger partial charge in [0.25, 0.3) is 11.6 Å². The van der Waals surface area contributed by atoms with Crippen molar-refractivity contribution >= 4 is 39.7 Å². The zero-order chi connectivity index (χ0) is 20.7. The molecule has 4 rings (SSSR count). The lowest BCUT2D eigenvalue weighted by Gasteiger charge is -2.10. The SMILES string of the molecule is COc1cc2c(cc1OC)/C(=C\c1cc([N+](=O)[O-])c3ccccc3c1O)C(=O)N2. The molecule has 0 aliphatic carbocycles. The zero-order valence-corrected chi connectivity index (χ0v) is 15.6. The first kappa shape index (κ1) is 18.3. The zero-order valence-electron chi connectivity index (χ0n) is 15.6. The maximum atomic E-state index is 12.6. The van der Waals surface area contributed by atoms with Gasteiger partial charge in [-0.25, -0.2) is 0 Å². The molecular weight excluding hydrogens is 376 g/mol. The highest BCUT2D eigenvalue weighted by Crippen LogP contribution is 2.43. The number of nitro groups is 1. The van der Waals surface area contributed by atoms with Crippen molar-refractivity contribution in [2.24, 2.45) is 0 Å². The van der Waals surface area contributed by atoms with E-state index in [4.69, 9.17) is 9.47 Å². The van der Waals surface area contributed by atoms with E-state index in [0.717, 1.165) is 0 Å². The Hall–Kier alpha value is -4.07. The van der Waals surface area contributed by atoms with Crippen LogP contribution in [0.3, 0.4) is 0 Å². The van der Waals surface area contributed by atoms with Crippen molar-refractivity contribution in [1.29, 1.82) is 0 Å². The number of anilines is 1. The Morgan fingerprint density at radius 1 is 1.07 bits per heavy atom. The number of nitro benzene ring substituents is 1. The second-order valence-corrected chi connectivity index (χ2v) is 6.40. The molecule has 0 saturated carbocycles. The average molecular weight is 392 g/mol. The van der Waals surface area contributed by atoms with Crippen LogP contribution < -0.4 is 14.8 Å². The second kappa shape index (κ2) is 6.83. The maximum Gasteiger partial charge on any atom is 0.278 e. The third-order valence-corrected chi connectivity index (χ3v) is 4.83. The molecule has 1 aliphatic rings. The first-order valence-corrected chi connectivity index (χ1v) is 8.63. The van der Waals surface area contributed by atoms with E-state index in [2.05, 4.69) is 5.32 Å². The van der Waals surface area contributed by atoms with Gasteiger partial charge in [-0.1, -0.05) is 18.2 Å². The van der Waals surface area contributed by atoms with Gasteiger partial charge in [0.05, 0.1) is 30.2 Å². The van der Waals surface area contributed by atoms with Crippen LogP contribution >= 0.6 is 0 Å². The third kappa shape index (κ3) is 2.91. The molecule has 0 fully saturated rings. The van der Waals surface area contributed by atoms with E-state index in [1.54, 1.807) is 36.4 Å². The van der Waals surface area contributed by atoms with E-state index in [-0.39, 0.29) is 22.6 Å². The Morgan fingerprint density at radius 2 is 1.72 bits per heavy atom. The van der Waals surface area contributed by atoms with Crippen molar-refractivity contribution in [3.05, 3.63) is 63.7 Å². The fraction of sp³-hybridized carbons (Fsp3) is 0.0952. The van der Waals surface area contributed by atoms with Crippen LogP contribution in [0.5, 0.6) is 17.2 Å². The number of phenolic OH excluding ortho intramolecular Hbond substituents is 1. The maximum absolute atomic E-state index is 12.6. The molecule has 2 N–H and O–H groups in total. The van der Waals surface area contributed by atoms with Crippen molar-refractivity contribution in [3.8, 4) is 17.2 Å². The fourth-order valence-electron chi connectivity index (χ4n) is 3.44. The standard InChI is InChI=1S/C21H16N2O6/c1-28-18-9-14-15(21(25)22-16(14)10-19(18)29-2)7-11-8-17(23(26)27)12-5-3-4-6-13(12)20(11)24/h3-10,24H,1-2H3,(H,22,25)/b15-7+. The Labute approximate surface area is 165 Å². The Bertz CT molecular complexity index is 1220. The van der Waals surface area contributed by atoms with E-state index in [0.29, 0.717) is 33.5 Å². The number of benzene rings is 3. The summed E-state index contributed by atoms with van der Waals surface area (Å²) >= 11 is 0. The van der Waals surface area contributed by atoms with Crippen molar-refractivity contribution in [1.82, 2.24) is 0 Å². The lowest BCUT2D eigenvalue weighted by molar-refractivity contribution is -0.383. The van der Waals surface area contributed by atoms with Gasteiger partial charge in [0, 0.05) is 34.2 Å². The van der Waals surface area contributed by atoms with Gasteiger partial charge in [-0.3, -0.25) is 14.9 Å². The molecule has 0 spiro atoms. The predicted molar refractivity (Wildman–Crippen MR) is 108 cm³/mol. The summed E-state index contributed by atoms with van der Waals surface area (Å²) in [7, 11) is 2.97. The molecule has 0 radical (unpaired) electrons. The van der Waals surface area contributed by atoms with E-state index in [9.17, 15) is 20.0 Å². The van der Waals surface area contributed by atoms with Crippen LogP contribution in [0.1, 0.15) is 11.1 Å². The summed E-state index contributed by atoms with van der Waals surface area (Å²) in [5.41, 5.74) is 1.33. The van der Waals surface area contributed by atoms with E-state index in [1.165, 1.54) is 26.4 Å². The van der Waals surface area contributed by atoms with Crippen molar-refractivity contribution in [3.63, 3.8) is 0 Å². The van der Waals surface area contributed by atoms with Crippen LogP contribution in [0.2, 0.25) is 0 Å². The van der Waals surface area contributed by atoms with Crippen molar-refractivity contribution in [2.45, 2.75) is 0 Å². The molecule has 8 nitrogen and oxygen atoms in total. The molecule has 146 valence electrons. The van der Waals surface area contributed by atoms with Crippen LogP contribution in [0.4, 0.5) is 11.4 Å². The van der Waals surface area contributed by atoms with E-state index in [1.807, 2.05) is 0 Å². The van der Waals surface area contributed by atoms with E-state index < -0.39 is 10.8 Å². The molecule has 1 heterocycles. The fourth-order valence-corrected chi connectivity index (χ4v) is 3.44. The molecule has 0 unspecified atom stereocenters. The van der Waals surface area contributed by atoms with Gasteiger partial charge in [0.2, 0.25) is 0 Å². The largest absolute Gasteiger partial charge is 0.507 e. The molecule has 0 aromatic heterocycles. The quantitative estimate of drug-likeness (QED) is 0.395.